The van der Waals surface area contributed by atoms with Crippen molar-refractivity contribution in [1.82, 2.24) is 5.32 Å². The molecule has 22 heavy (non-hydrogen) atoms. The number of carbonyl (C=O) groups excluding carboxylic acids is 2. The van der Waals surface area contributed by atoms with E-state index in [0.717, 1.165) is 11.1 Å². The van der Waals surface area contributed by atoms with Gasteiger partial charge in [-0.3, -0.25) is 9.59 Å². The van der Waals surface area contributed by atoms with Gasteiger partial charge in [-0.1, -0.05) is 23.4 Å². The van der Waals surface area contributed by atoms with Gasteiger partial charge < -0.3 is 15.3 Å². The van der Waals surface area contributed by atoms with Gasteiger partial charge in [-0.25, -0.2) is 0 Å². The van der Waals surface area contributed by atoms with Crippen LogP contribution in [-0.2, 0) is 20.9 Å². The Balaban J connectivity index is 2.37. The van der Waals surface area contributed by atoms with E-state index in [9.17, 15) is 9.59 Å². The number of ether oxygens (including phenoxy) is 1. The predicted octanol–water partition coefficient (Wildman–Crippen LogP) is 2.23. The van der Waals surface area contributed by atoms with Crippen LogP contribution in [0.25, 0.3) is 0 Å². The number of nitrogens with zero attached hydrogens (tertiary/aromatic N) is 1. The Morgan fingerprint density at radius 2 is 2.05 bits per heavy atom. The average Bonchev–Trinajstić information content (AvgIpc) is 2.42. The van der Waals surface area contributed by atoms with Gasteiger partial charge in [0.25, 0.3) is 0 Å². The number of nitrogens with one attached hydrogen (secondary N) is 1. The molecule has 0 heterocycles. The zero-order valence-electron chi connectivity index (χ0n) is 13.1. The van der Waals surface area contributed by atoms with Crippen molar-refractivity contribution in [2.24, 2.45) is 5.16 Å². The van der Waals surface area contributed by atoms with E-state index in [1.54, 1.807) is 39.0 Å². The molecule has 1 aromatic rings. The van der Waals surface area contributed by atoms with Gasteiger partial charge in [0, 0.05) is 13.0 Å². The summed E-state index contributed by atoms with van der Waals surface area (Å²) in [5.74, 6) is -0.601. The summed E-state index contributed by atoms with van der Waals surface area (Å²) in [6, 6.07) is 7.24. The van der Waals surface area contributed by atoms with E-state index < -0.39 is 5.60 Å². The van der Waals surface area contributed by atoms with Crippen LogP contribution in [0.4, 0.5) is 0 Å². The number of benzene rings is 1. The Morgan fingerprint density at radius 1 is 1.32 bits per heavy atom. The molecule has 6 heteroatoms. The van der Waals surface area contributed by atoms with Crippen LogP contribution in [0.3, 0.4) is 0 Å². The van der Waals surface area contributed by atoms with E-state index in [2.05, 4.69) is 10.5 Å². The summed E-state index contributed by atoms with van der Waals surface area (Å²) in [5.41, 5.74) is 1.08. The lowest BCUT2D eigenvalue weighted by Crippen LogP contribution is -2.27. The molecule has 0 aliphatic carbocycles. The molecule has 0 spiro atoms. The number of esters is 1. The van der Waals surface area contributed by atoms with Gasteiger partial charge in [-0.05, 0) is 38.0 Å². The molecule has 0 saturated heterocycles. The first-order valence-electron chi connectivity index (χ1n) is 7.05. The third kappa shape index (κ3) is 7.42. The molecule has 0 bridgehead atoms. The van der Waals surface area contributed by atoms with E-state index >= 15 is 0 Å². The Hall–Kier alpha value is -2.37. The van der Waals surface area contributed by atoms with Crippen molar-refractivity contribution in [3.05, 3.63) is 35.4 Å². The number of rotatable bonds is 6. The molecule has 0 aliphatic heterocycles. The molecule has 0 unspecified atom stereocenters. The second-order valence-corrected chi connectivity index (χ2v) is 5.85. The number of carbonyl (C=O) groups is 2. The highest BCUT2D eigenvalue weighted by Crippen LogP contribution is 2.09. The zero-order chi connectivity index (χ0) is 16.6. The van der Waals surface area contributed by atoms with Crippen LogP contribution in [-0.4, -0.2) is 28.9 Å². The summed E-state index contributed by atoms with van der Waals surface area (Å²) in [4.78, 5) is 23.2. The van der Waals surface area contributed by atoms with Crippen molar-refractivity contribution in [2.75, 3.05) is 0 Å². The molecular weight excluding hydrogens is 284 g/mol. The Morgan fingerprint density at radius 3 is 2.68 bits per heavy atom. The fraction of sp³-hybridized carbons (Fsp3) is 0.438. The third-order valence-electron chi connectivity index (χ3n) is 2.62. The van der Waals surface area contributed by atoms with E-state index in [0.29, 0.717) is 6.54 Å². The van der Waals surface area contributed by atoms with Gasteiger partial charge in [0.15, 0.2) is 0 Å². The molecule has 0 aromatic heterocycles. The first-order valence-corrected chi connectivity index (χ1v) is 7.05. The Kier molecular flexibility index (Phi) is 6.56. The van der Waals surface area contributed by atoms with Crippen molar-refractivity contribution in [3.63, 3.8) is 0 Å². The molecule has 6 nitrogen and oxygen atoms in total. The van der Waals surface area contributed by atoms with Gasteiger partial charge in [0.1, 0.15) is 5.60 Å². The summed E-state index contributed by atoms with van der Waals surface area (Å²) in [6.07, 6.45) is 1.46. The molecule has 0 atom stereocenters. The molecule has 0 aliphatic rings. The number of hydrogen-bond acceptors (Lipinski definition) is 5. The maximum atomic E-state index is 11.7. The second kappa shape index (κ2) is 8.17. The van der Waals surface area contributed by atoms with Gasteiger partial charge in [-0.15, -0.1) is 0 Å². The molecule has 1 amide bonds. The van der Waals surface area contributed by atoms with E-state index in [1.807, 2.05) is 6.07 Å². The molecule has 0 radical (unpaired) electrons. The maximum Gasteiger partial charge on any atom is 0.306 e. The summed E-state index contributed by atoms with van der Waals surface area (Å²) in [5, 5.41) is 14.2. The summed E-state index contributed by atoms with van der Waals surface area (Å²) in [6.45, 7) is 5.70. The standard InChI is InChI=1S/C16H22N2O4/c1-16(2,3)22-15(20)8-7-14(19)17-10-12-5-4-6-13(9-12)11-18-21/h4-6,9,11,21H,7-8,10H2,1-3H3,(H,17,19)/b18-11+. The van der Waals surface area contributed by atoms with Crippen molar-refractivity contribution >= 4 is 18.1 Å². The van der Waals surface area contributed by atoms with Crippen LogP contribution >= 0.6 is 0 Å². The summed E-state index contributed by atoms with van der Waals surface area (Å²) in [7, 11) is 0. The van der Waals surface area contributed by atoms with Gasteiger partial charge in [0.05, 0.1) is 12.6 Å². The molecular formula is C16H22N2O4. The van der Waals surface area contributed by atoms with Crippen LogP contribution in [0.5, 0.6) is 0 Å². The number of hydrogen-bond donors (Lipinski definition) is 2. The fourth-order valence-corrected chi connectivity index (χ4v) is 1.75. The normalized spacial score (nSPS) is 11.4. The van der Waals surface area contributed by atoms with Crippen LogP contribution in [0.15, 0.2) is 29.4 Å². The van der Waals surface area contributed by atoms with Crippen LogP contribution in [0.2, 0.25) is 0 Å². The largest absolute Gasteiger partial charge is 0.460 e. The number of amides is 1. The topological polar surface area (TPSA) is 88.0 Å². The maximum absolute atomic E-state index is 11.7. The first-order chi connectivity index (χ1) is 10.3. The minimum Gasteiger partial charge on any atom is -0.460 e. The zero-order valence-corrected chi connectivity index (χ0v) is 13.1. The lowest BCUT2D eigenvalue weighted by Gasteiger charge is -2.19. The Bertz CT molecular complexity index is 547. The van der Waals surface area contributed by atoms with Crippen molar-refractivity contribution in [1.29, 1.82) is 0 Å². The van der Waals surface area contributed by atoms with Crippen molar-refractivity contribution in [2.45, 2.75) is 45.8 Å². The molecule has 120 valence electrons. The van der Waals surface area contributed by atoms with Gasteiger partial charge in [0.2, 0.25) is 5.91 Å². The quantitative estimate of drug-likeness (QED) is 0.365. The average molecular weight is 306 g/mol. The SMILES string of the molecule is CC(C)(C)OC(=O)CCC(=O)NCc1cccc(/C=N/O)c1. The minimum atomic E-state index is -0.539. The van der Waals surface area contributed by atoms with Crippen LogP contribution in [0.1, 0.15) is 44.7 Å². The fourth-order valence-electron chi connectivity index (χ4n) is 1.75. The lowest BCUT2D eigenvalue weighted by atomic mass is 10.1. The summed E-state index contributed by atoms with van der Waals surface area (Å²) >= 11 is 0. The van der Waals surface area contributed by atoms with E-state index in [1.165, 1.54) is 6.21 Å². The van der Waals surface area contributed by atoms with Crippen LogP contribution in [0, 0.1) is 0 Å². The highest BCUT2D eigenvalue weighted by atomic mass is 16.6. The smallest absolute Gasteiger partial charge is 0.306 e. The van der Waals surface area contributed by atoms with E-state index in [-0.39, 0.29) is 24.7 Å². The lowest BCUT2D eigenvalue weighted by molar-refractivity contribution is -0.155. The van der Waals surface area contributed by atoms with Crippen molar-refractivity contribution in [3.8, 4) is 0 Å². The van der Waals surface area contributed by atoms with Crippen molar-refractivity contribution < 1.29 is 19.5 Å². The number of oxime groups is 1. The minimum absolute atomic E-state index is 0.0559. The highest BCUT2D eigenvalue weighted by Gasteiger charge is 2.16. The monoisotopic (exact) mass is 306 g/mol. The molecule has 0 saturated carbocycles. The van der Waals surface area contributed by atoms with Crippen LogP contribution < -0.4 is 5.32 Å². The molecule has 0 fully saturated rings. The molecule has 2 N–H and O–H groups in total. The third-order valence-corrected chi connectivity index (χ3v) is 2.62. The Labute approximate surface area is 130 Å². The first kappa shape index (κ1) is 17.7. The highest BCUT2D eigenvalue weighted by molar-refractivity contribution is 5.81. The molecule has 1 rings (SSSR count). The molecule has 1 aromatic carbocycles. The van der Waals surface area contributed by atoms with E-state index in [4.69, 9.17) is 9.94 Å². The predicted molar refractivity (Wildman–Crippen MR) is 82.7 cm³/mol. The summed E-state index contributed by atoms with van der Waals surface area (Å²) < 4.78 is 5.14. The van der Waals surface area contributed by atoms with Gasteiger partial charge >= 0.3 is 5.97 Å². The van der Waals surface area contributed by atoms with Gasteiger partial charge in [-0.2, -0.15) is 0 Å². The second-order valence-electron chi connectivity index (χ2n) is 5.85.